The summed E-state index contributed by atoms with van der Waals surface area (Å²) in [6.45, 7) is 6.59. The summed E-state index contributed by atoms with van der Waals surface area (Å²) in [5.74, 6) is -0.255. The Balaban J connectivity index is 0.00000288. The minimum atomic E-state index is -0.575. The number of nitrogens with one attached hydrogen (secondary N) is 1. The van der Waals surface area contributed by atoms with Gasteiger partial charge in [0.2, 0.25) is 11.8 Å². The average molecular weight is 354 g/mol. The molecule has 2 rings (SSSR count). The quantitative estimate of drug-likeness (QED) is 0.851. The zero-order valence-electron chi connectivity index (χ0n) is 14.6. The molecule has 0 bridgehead atoms. The topological polar surface area (TPSA) is 75.4 Å². The van der Waals surface area contributed by atoms with Crippen LogP contribution in [-0.4, -0.2) is 35.8 Å². The van der Waals surface area contributed by atoms with Gasteiger partial charge in [-0.2, -0.15) is 0 Å². The lowest BCUT2D eigenvalue weighted by atomic mass is 10.0. The van der Waals surface area contributed by atoms with Gasteiger partial charge in [-0.05, 0) is 31.2 Å². The highest BCUT2D eigenvalue weighted by atomic mass is 35.5. The van der Waals surface area contributed by atoms with Gasteiger partial charge in [-0.15, -0.1) is 12.4 Å². The molecule has 2 amide bonds. The Morgan fingerprint density at radius 3 is 2.71 bits per heavy atom. The van der Waals surface area contributed by atoms with Crippen molar-refractivity contribution in [3.05, 3.63) is 35.4 Å². The fourth-order valence-electron chi connectivity index (χ4n) is 2.97. The summed E-state index contributed by atoms with van der Waals surface area (Å²) in [4.78, 5) is 26.2. The van der Waals surface area contributed by atoms with Gasteiger partial charge in [-0.1, -0.05) is 43.7 Å². The van der Waals surface area contributed by atoms with Gasteiger partial charge < -0.3 is 16.0 Å². The smallest absolute Gasteiger partial charge is 0.242 e. The summed E-state index contributed by atoms with van der Waals surface area (Å²) in [5.41, 5.74) is 8.16. The highest BCUT2D eigenvalue weighted by molar-refractivity contribution is 5.87. The summed E-state index contributed by atoms with van der Waals surface area (Å²) in [6.07, 6.45) is 1.96. The molecule has 0 aromatic heterocycles. The number of carbonyl (C=O) groups is 2. The molecule has 1 unspecified atom stereocenters. The van der Waals surface area contributed by atoms with Crippen molar-refractivity contribution in [2.24, 2.45) is 11.7 Å². The van der Waals surface area contributed by atoms with E-state index in [2.05, 4.69) is 30.4 Å². The molecular weight excluding hydrogens is 326 g/mol. The summed E-state index contributed by atoms with van der Waals surface area (Å²) >= 11 is 0. The highest BCUT2D eigenvalue weighted by Crippen LogP contribution is 2.32. The zero-order chi connectivity index (χ0) is 17.0. The first-order chi connectivity index (χ1) is 10.9. The minimum absolute atomic E-state index is 0. The molecule has 3 N–H and O–H groups in total. The lowest BCUT2D eigenvalue weighted by molar-refractivity contribution is -0.134. The fraction of sp³-hybridized carbons (Fsp3) is 0.556. The Morgan fingerprint density at radius 2 is 2.08 bits per heavy atom. The Kier molecular flexibility index (Phi) is 7.70. The number of halogens is 1. The van der Waals surface area contributed by atoms with Crippen LogP contribution in [-0.2, 0) is 9.59 Å². The SMILES string of the molecule is Cc1cccc(C2CCCN2C(=O)CNC(=O)[C@@H](N)C(C)C)c1.Cl. The van der Waals surface area contributed by atoms with E-state index in [1.54, 1.807) is 0 Å². The molecule has 1 aromatic carbocycles. The second-order valence-corrected chi connectivity index (χ2v) is 6.65. The monoisotopic (exact) mass is 353 g/mol. The minimum Gasteiger partial charge on any atom is -0.346 e. The van der Waals surface area contributed by atoms with Crippen LogP contribution in [0.4, 0.5) is 0 Å². The molecule has 6 heteroatoms. The molecule has 0 aliphatic carbocycles. The van der Waals surface area contributed by atoms with Gasteiger partial charge in [0.15, 0.2) is 0 Å². The second kappa shape index (κ2) is 9.04. The van der Waals surface area contributed by atoms with Crippen LogP contribution in [0.15, 0.2) is 24.3 Å². The van der Waals surface area contributed by atoms with Gasteiger partial charge in [0, 0.05) is 6.54 Å². The van der Waals surface area contributed by atoms with Gasteiger partial charge in [-0.3, -0.25) is 9.59 Å². The van der Waals surface area contributed by atoms with Crippen LogP contribution < -0.4 is 11.1 Å². The Labute approximate surface area is 150 Å². The van der Waals surface area contributed by atoms with Crippen LogP contribution in [0.5, 0.6) is 0 Å². The molecule has 5 nitrogen and oxygen atoms in total. The molecule has 1 fully saturated rings. The number of benzene rings is 1. The molecule has 1 saturated heterocycles. The largest absolute Gasteiger partial charge is 0.346 e. The van der Waals surface area contributed by atoms with E-state index in [1.807, 2.05) is 24.8 Å². The maximum atomic E-state index is 12.5. The van der Waals surface area contributed by atoms with Crippen LogP contribution >= 0.6 is 12.4 Å². The normalized spacial score (nSPS) is 18.2. The number of hydrogen-bond donors (Lipinski definition) is 2. The van der Waals surface area contributed by atoms with E-state index < -0.39 is 6.04 Å². The van der Waals surface area contributed by atoms with E-state index in [1.165, 1.54) is 11.1 Å². The molecule has 1 heterocycles. The third-order valence-electron chi connectivity index (χ3n) is 4.43. The molecule has 2 atom stereocenters. The maximum Gasteiger partial charge on any atom is 0.242 e. The number of rotatable bonds is 5. The zero-order valence-corrected chi connectivity index (χ0v) is 15.4. The predicted octanol–water partition coefficient (Wildman–Crippen LogP) is 2.18. The first-order valence-corrected chi connectivity index (χ1v) is 8.29. The summed E-state index contributed by atoms with van der Waals surface area (Å²) < 4.78 is 0. The van der Waals surface area contributed by atoms with Gasteiger partial charge >= 0.3 is 0 Å². The molecule has 134 valence electrons. The van der Waals surface area contributed by atoms with E-state index in [0.717, 1.165) is 19.4 Å². The Bertz CT molecular complexity index is 577. The molecule has 24 heavy (non-hydrogen) atoms. The van der Waals surface area contributed by atoms with Crippen molar-refractivity contribution in [3.8, 4) is 0 Å². The van der Waals surface area contributed by atoms with E-state index in [-0.39, 0.29) is 42.7 Å². The van der Waals surface area contributed by atoms with Crippen molar-refractivity contribution < 1.29 is 9.59 Å². The highest BCUT2D eigenvalue weighted by Gasteiger charge is 2.30. The van der Waals surface area contributed by atoms with Gasteiger partial charge in [0.05, 0.1) is 18.6 Å². The van der Waals surface area contributed by atoms with Gasteiger partial charge in [0.1, 0.15) is 0 Å². The summed E-state index contributed by atoms with van der Waals surface area (Å²) in [7, 11) is 0. The third kappa shape index (κ3) is 4.95. The number of nitrogens with two attached hydrogens (primary N) is 1. The first-order valence-electron chi connectivity index (χ1n) is 8.29. The van der Waals surface area contributed by atoms with Crippen molar-refractivity contribution in [1.82, 2.24) is 10.2 Å². The van der Waals surface area contributed by atoms with Crippen molar-refractivity contribution in [1.29, 1.82) is 0 Å². The van der Waals surface area contributed by atoms with Crippen LogP contribution in [0.25, 0.3) is 0 Å². The van der Waals surface area contributed by atoms with Crippen molar-refractivity contribution >= 4 is 24.2 Å². The Morgan fingerprint density at radius 1 is 1.38 bits per heavy atom. The third-order valence-corrected chi connectivity index (χ3v) is 4.43. The summed E-state index contributed by atoms with van der Waals surface area (Å²) in [6, 6.07) is 7.81. The van der Waals surface area contributed by atoms with Crippen LogP contribution in [0.2, 0.25) is 0 Å². The maximum absolute atomic E-state index is 12.5. The van der Waals surface area contributed by atoms with E-state index in [9.17, 15) is 9.59 Å². The lowest BCUT2D eigenvalue weighted by Gasteiger charge is -2.26. The van der Waals surface area contributed by atoms with Crippen LogP contribution in [0, 0.1) is 12.8 Å². The van der Waals surface area contributed by atoms with E-state index in [4.69, 9.17) is 5.73 Å². The van der Waals surface area contributed by atoms with Crippen molar-refractivity contribution in [2.45, 2.75) is 45.7 Å². The van der Waals surface area contributed by atoms with Gasteiger partial charge in [0.25, 0.3) is 0 Å². The number of amides is 2. The summed E-state index contributed by atoms with van der Waals surface area (Å²) in [5, 5.41) is 2.67. The second-order valence-electron chi connectivity index (χ2n) is 6.65. The predicted molar refractivity (Wildman–Crippen MR) is 97.9 cm³/mol. The number of aryl methyl sites for hydroxylation is 1. The number of hydrogen-bond acceptors (Lipinski definition) is 3. The average Bonchev–Trinajstić information content (AvgIpc) is 3.01. The number of nitrogens with zero attached hydrogens (tertiary/aromatic N) is 1. The molecule has 0 radical (unpaired) electrons. The standard InChI is InChI=1S/C18H27N3O2.ClH/c1-12(2)17(19)18(23)20-11-16(22)21-9-5-8-15(21)14-7-4-6-13(3)10-14;/h4,6-7,10,12,15,17H,5,8-9,11,19H2,1-3H3,(H,20,23);1H/t15?,17-;/m0./s1. The number of carbonyl (C=O) groups excluding carboxylic acids is 2. The van der Waals surface area contributed by atoms with E-state index in [0.29, 0.717) is 0 Å². The molecule has 1 aromatic rings. The van der Waals surface area contributed by atoms with Gasteiger partial charge in [-0.25, -0.2) is 0 Å². The number of likely N-dealkylation sites (tertiary alicyclic amines) is 1. The van der Waals surface area contributed by atoms with Crippen LogP contribution in [0.3, 0.4) is 0 Å². The first kappa shape index (κ1) is 20.5. The lowest BCUT2D eigenvalue weighted by Crippen LogP contribution is -2.47. The molecular formula is C18H28ClN3O2. The fourth-order valence-corrected chi connectivity index (χ4v) is 2.97. The molecule has 0 saturated carbocycles. The van der Waals surface area contributed by atoms with Crippen LogP contribution in [0.1, 0.15) is 43.9 Å². The molecule has 1 aliphatic rings. The van der Waals surface area contributed by atoms with E-state index >= 15 is 0 Å². The molecule has 1 aliphatic heterocycles. The van der Waals surface area contributed by atoms with Crippen molar-refractivity contribution in [3.63, 3.8) is 0 Å². The molecule has 0 spiro atoms. The Hall–Kier alpha value is -1.59. The van der Waals surface area contributed by atoms with Crippen molar-refractivity contribution in [2.75, 3.05) is 13.1 Å².